The quantitative estimate of drug-likeness (QED) is 0.306. The Bertz CT molecular complexity index is 1350. The molecule has 3 aromatic carbocycles. The first-order valence-electron chi connectivity index (χ1n) is 12.9. The van der Waals surface area contributed by atoms with E-state index < -0.39 is 24.2 Å². The molecule has 1 amide bonds. The average molecular weight is 499 g/mol. The van der Waals surface area contributed by atoms with Crippen LogP contribution >= 0.6 is 0 Å². The SMILES string of the molecule is COCn1c(C[C@@H](O)CC(Cc2ccccc2)C(=O)N[C@H]2c3ccccc3C[C@H]2O)cc2ccccc21. The molecule has 1 heterocycles. The lowest BCUT2D eigenvalue weighted by Gasteiger charge is -2.24. The summed E-state index contributed by atoms with van der Waals surface area (Å²) in [6, 6.07) is 27.4. The molecule has 0 saturated carbocycles. The molecule has 3 N–H and O–H groups in total. The Hall–Kier alpha value is -3.45. The van der Waals surface area contributed by atoms with E-state index in [0.717, 1.165) is 33.3 Å². The predicted molar refractivity (Wildman–Crippen MR) is 144 cm³/mol. The van der Waals surface area contributed by atoms with Crippen molar-refractivity contribution in [3.05, 3.63) is 107 Å². The number of nitrogens with zero attached hydrogens (tertiary/aromatic N) is 1. The molecule has 192 valence electrons. The summed E-state index contributed by atoms with van der Waals surface area (Å²) in [4.78, 5) is 13.6. The van der Waals surface area contributed by atoms with Gasteiger partial charge in [0.15, 0.2) is 0 Å². The third-order valence-electron chi connectivity index (χ3n) is 7.35. The molecule has 4 atom stereocenters. The standard InChI is InChI=1S/C31H34N2O4/c1-37-20-33-25(16-23-12-6-8-14-28(23)33)19-26(34)17-24(15-21-9-3-2-4-10-21)31(36)32-30-27-13-7-5-11-22(27)18-29(30)35/h2-14,16,24,26,29-30,34-35H,15,17-20H2,1H3,(H,32,36)/t24?,26-,29+,30-/m0/s1. The van der Waals surface area contributed by atoms with Gasteiger partial charge < -0.3 is 24.8 Å². The fourth-order valence-corrected chi connectivity index (χ4v) is 5.57. The van der Waals surface area contributed by atoms with Gasteiger partial charge in [0.25, 0.3) is 0 Å². The molecule has 0 fully saturated rings. The zero-order valence-corrected chi connectivity index (χ0v) is 21.1. The Morgan fingerprint density at radius 3 is 2.57 bits per heavy atom. The Balaban J connectivity index is 1.35. The molecule has 1 aliphatic rings. The summed E-state index contributed by atoms with van der Waals surface area (Å²) in [6.07, 6.45) is 0.367. The van der Waals surface area contributed by atoms with Crippen LogP contribution in [0.2, 0.25) is 0 Å². The number of rotatable bonds is 10. The number of ether oxygens (including phenoxy) is 1. The molecule has 6 heteroatoms. The van der Waals surface area contributed by atoms with Crippen LogP contribution in [0.15, 0.2) is 84.9 Å². The Morgan fingerprint density at radius 2 is 1.76 bits per heavy atom. The van der Waals surface area contributed by atoms with Crippen molar-refractivity contribution in [1.29, 1.82) is 0 Å². The Kier molecular flexibility index (Phi) is 7.70. The first-order chi connectivity index (χ1) is 18.0. The van der Waals surface area contributed by atoms with Crippen LogP contribution in [-0.2, 0) is 35.5 Å². The second kappa shape index (κ2) is 11.3. The highest BCUT2D eigenvalue weighted by atomic mass is 16.5. The van der Waals surface area contributed by atoms with Gasteiger partial charge in [0.2, 0.25) is 5.91 Å². The monoisotopic (exact) mass is 498 g/mol. The second-order valence-electron chi connectivity index (χ2n) is 9.98. The number of aliphatic hydroxyl groups excluding tert-OH is 2. The number of fused-ring (bicyclic) bond motifs is 2. The van der Waals surface area contributed by atoms with Crippen molar-refractivity contribution < 1.29 is 19.7 Å². The van der Waals surface area contributed by atoms with Crippen LogP contribution in [0.1, 0.15) is 34.8 Å². The molecule has 0 saturated heterocycles. The van der Waals surface area contributed by atoms with Crippen LogP contribution in [0.5, 0.6) is 0 Å². The van der Waals surface area contributed by atoms with Crippen LogP contribution in [0.25, 0.3) is 10.9 Å². The fourth-order valence-electron chi connectivity index (χ4n) is 5.57. The van der Waals surface area contributed by atoms with E-state index in [1.165, 1.54) is 0 Å². The van der Waals surface area contributed by atoms with Crippen molar-refractivity contribution in [1.82, 2.24) is 9.88 Å². The van der Waals surface area contributed by atoms with Gasteiger partial charge in [-0.2, -0.15) is 0 Å². The second-order valence-corrected chi connectivity index (χ2v) is 9.98. The third kappa shape index (κ3) is 5.62. The number of nitrogens with one attached hydrogen (secondary N) is 1. The number of aliphatic hydroxyl groups is 2. The lowest BCUT2D eigenvalue weighted by molar-refractivity contribution is -0.127. The van der Waals surface area contributed by atoms with Gasteiger partial charge in [-0.25, -0.2) is 0 Å². The normalized spacial score (nSPS) is 18.5. The molecule has 37 heavy (non-hydrogen) atoms. The molecule has 1 aromatic heterocycles. The lowest BCUT2D eigenvalue weighted by atomic mass is 9.91. The van der Waals surface area contributed by atoms with Gasteiger partial charge in [-0.3, -0.25) is 4.79 Å². The first kappa shape index (κ1) is 25.2. The summed E-state index contributed by atoms with van der Waals surface area (Å²) < 4.78 is 7.49. The smallest absolute Gasteiger partial charge is 0.224 e. The largest absolute Gasteiger partial charge is 0.393 e. The highest BCUT2D eigenvalue weighted by Crippen LogP contribution is 2.32. The van der Waals surface area contributed by atoms with Gasteiger partial charge in [-0.15, -0.1) is 0 Å². The van der Waals surface area contributed by atoms with Gasteiger partial charge in [0.05, 0.1) is 23.8 Å². The van der Waals surface area contributed by atoms with Crippen LogP contribution in [0.4, 0.5) is 0 Å². The molecule has 0 bridgehead atoms. The summed E-state index contributed by atoms with van der Waals surface area (Å²) in [7, 11) is 1.66. The van der Waals surface area contributed by atoms with Gasteiger partial charge >= 0.3 is 0 Å². The van der Waals surface area contributed by atoms with E-state index in [-0.39, 0.29) is 5.91 Å². The minimum atomic E-state index is -0.722. The number of carbonyl (C=O) groups is 1. The van der Waals surface area contributed by atoms with E-state index >= 15 is 0 Å². The number of methoxy groups -OCH3 is 1. The van der Waals surface area contributed by atoms with Crippen LogP contribution < -0.4 is 5.32 Å². The van der Waals surface area contributed by atoms with Crippen molar-refractivity contribution in [2.24, 2.45) is 5.92 Å². The van der Waals surface area contributed by atoms with Crippen molar-refractivity contribution in [3.63, 3.8) is 0 Å². The number of hydrogen-bond acceptors (Lipinski definition) is 4. The van der Waals surface area contributed by atoms with Crippen LogP contribution in [0.3, 0.4) is 0 Å². The number of aromatic nitrogens is 1. The summed E-state index contributed by atoms with van der Waals surface area (Å²) in [5, 5.41) is 26.1. The maximum Gasteiger partial charge on any atom is 0.224 e. The Labute approximate surface area is 217 Å². The summed E-state index contributed by atoms with van der Waals surface area (Å²) >= 11 is 0. The Morgan fingerprint density at radius 1 is 1.03 bits per heavy atom. The maximum absolute atomic E-state index is 13.6. The molecule has 1 aliphatic carbocycles. The summed E-state index contributed by atoms with van der Waals surface area (Å²) in [5.74, 6) is -0.598. The van der Waals surface area contributed by atoms with E-state index in [2.05, 4.69) is 16.0 Å². The van der Waals surface area contributed by atoms with Crippen molar-refractivity contribution in [2.75, 3.05) is 7.11 Å². The van der Waals surface area contributed by atoms with Crippen LogP contribution in [-0.4, -0.2) is 40.0 Å². The predicted octanol–water partition coefficient (Wildman–Crippen LogP) is 4.17. The topological polar surface area (TPSA) is 83.7 Å². The molecule has 0 radical (unpaired) electrons. The highest BCUT2D eigenvalue weighted by molar-refractivity contribution is 5.81. The number of carbonyl (C=O) groups excluding carboxylic acids is 1. The summed E-state index contributed by atoms with van der Waals surface area (Å²) in [6.45, 7) is 0.391. The molecule has 0 aliphatic heterocycles. The maximum atomic E-state index is 13.6. The third-order valence-corrected chi connectivity index (χ3v) is 7.35. The zero-order valence-electron chi connectivity index (χ0n) is 21.1. The zero-order chi connectivity index (χ0) is 25.8. The van der Waals surface area contributed by atoms with Gasteiger partial charge in [0, 0.05) is 31.6 Å². The minimum Gasteiger partial charge on any atom is -0.393 e. The number of hydrogen-bond donors (Lipinski definition) is 3. The van der Waals surface area contributed by atoms with E-state index in [9.17, 15) is 15.0 Å². The molecule has 5 rings (SSSR count). The minimum absolute atomic E-state index is 0.152. The fraction of sp³-hybridized carbons (Fsp3) is 0.323. The van der Waals surface area contributed by atoms with Crippen LogP contribution in [0, 0.1) is 5.92 Å². The van der Waals surface area contributed by atoms with Gasteiger partial charge in [-0.05, 0) is 47.1 Å². The van der Waals surface area contributed by atoms with E-state index in [0.29, 0.717) is 32.4 Å². The molecular formula is C31H34N2O4. The van der Waals surface area contributed by atoms with Crippen molar-refractivity contribution >= 4 is 16.8 Å². The average Bonchev–Trinajstić information content (AvgIpc) is 3.41. The van der Waals surface area contributed by atoms with Gasteiger partial charge in [0.1, 0.15) is 6.73 Å². The van der Waals surface area contributed by atoms with Gasteiger partial charge in [-0.1, -0.05) is 72.8 Å². The highest BCUT2D eigenvalue weighted by Gasteiger charge is 2.34. The molecule has 1 unspecified atom stereocenters. The number of para-hydroxylation sites is 1. The molecule has 0 spiro atoms. The van der Waals surface area contributed by atoms with Crippen molar-refractivity contribution in [3.8, 4) is 0 Å². The lowest BCUT2D eigenvalue weighted by Crippen LogP contribution is -2.40. The first-order valence-corrected chi connectivity index (χ1v) is 12.9. The van der Waals surface area contributed by atoms with Crippen molar-refractivity contribution in [2.45, 2.75) is 50.7 Å². The summed E-state index contributed by atoms with van der Waals surface area (Å²) in [5.41, 5.74) is 5.08. The molecule has 4 aromatic rings. The molecular weight excluding hydrogens is 464 g/mol. The number of amides is 1. The number of benzene rings is 3. The molecule has 6 nitrogen and oxygen atoms in total. The van der Waals surface area contributed by atoms with E-state index in [1.54, 1.807) is 7.11 Å². The van der Waals surface area contributed by atoms with E-state index in [1.807, 2.05) is 78.9 Å². The van der Waals surface area contributed by atoms with E-state index in [4.69, 9.17) is 4.74 Å².